The molecule has 1 unspecified atom stereocenters. The van der Waals surface area contributed by atoms with Gasteiger partial charge in [0.1, 0.15) is 11.5 Å². The van der Waals surface area contributed by atoms with E-state index in [1.807, 2.05) is 35.4 Å². The van der Waals surface area contributed by atoms with Gasteiger partial charge in [-0.2, -0.15) is 0 Å². The summed E-state index contributed by atoms with van der Waals surface area (Å²) >= 11 is 3.55. The Morgan fingerprint density at radius 3 is 2.61 bits per heavy atom. The molecular formula is C22H21BrN2O3. The van der Waals surface area contributed by atoms with Crippen LogP contribution in [0, 0.1) is 0 Å². The van der Waals surface area contributed by atoms with Gasteiger partial charge in [0.05, 0.1) is 37.2 Å². The monoisotopic (exact) mass is 440 g/mol. The molecule has 2 heterocycles. The zero-order chi connectivity index (χ0) is 19.8. The number of fused-ring (bicyclic) bond motifs is 3. The fourth-order valence-corrected chi connectivity index (χ4v) is 4.18. The highest BCUT2D eigenvalue weighted by Crippen LogP contribution is 2.43. The van der Waals surface area contributed by atoms with Crippen LogP contribution in [-0.4, -0.2) is 24.7 Å². The summed E-state index contributed by atoms with van der Waals surface area (Å²) in [6.45, 7) is 2.09. The first-order chi connectivity index (χ1) is 13.6. The fraction of sp³-hybridized carbons (Fsp3) is 0.227. The lowest BCUT2D eigenvalue weighted by Gasteiger charge is -2.38. The van der Waals surface area contributed by atoms with Crippen LogP contribution in [0.3, 0.4) is 0 Å². The predicted octanol–water partition coefficient (Wildman–Crippen LogP) is 5.37. The van der Waals surface area contributed by atoms with E-state index in [4.69, 9.17) is 9.47 Å². The minimum absolute atomic E-state index is 0.0730. The van der Waals surface area contributed by atoms with Gasteiger partial charge in [0.2, 0.25) is 0 Å². The molecule has 0 saturated heterocycles. The van der Waals surface area contributed by atoms with Crippen molar-refractivity contribution in [2.45, 2.75) is 19.4 Å². The number of aromatic nitrogens is 1. The number of halogens is 1. The number of methoxy groups -OCH3 is 2. The van der Waals surface area contributed by atoms with E-state index in [0.29, 0.717) is 17.1 Å². The van der Waals surface area contributed by atoms with E-state index in [9.17, 15) is 4.79 Å². The Bertz CT molecular complexity index is 1040. The van der Waals surface area contributed by atoms with Crippen molar-refractivity contribution >= 4 is 27.5 Å². The third-order valence-electron chi connectivity index (χ3n) is 5.13. The molecule has 144 valence electrons. The first-order valence-electron chi connectivity index (χ1n) is 9.11. The molecule has 0 saturated carbocycles. The summed E-state index contributed by atoms with van der Waals surface area (Å²) in [7, 11) is 3.16. The highest BCUT2D eigenvalue weighted by Gasteiger charge is 2.35. The normalized spacial score (nSPS) is 15.0. The molecule has 2 aromatic carbocycles. The molecule has 4 rings (SSSR count). The molecule has 0 radical (unpaired) electrons. The van der Waals surface area contributed by atoms with Gasteiger partial charge in [0.15, 0.2) is 0 Å². The molecule has 3 aromatic rings. The number of hydrogen-bond donors (Lipinski definition) is 0. The summed E-state index contributed by atoms with van der Waals surface area (Å²) in [5.74, 6) is 1.05. The van der Waals surface area contributed by atoms with E-state index in [1.54, 1.807) is 32.4 Å². The number of carbonyl (C=O) groups is 1. The minimum atomic E-state index is -0.0989. The molecule has 0 aliphatic carbocycles. The molecule has 1 aliphatic heterocycles. The fourth-order valence-electron chi connectivity index (χ4n) is 3.83. The van der Waals surface area contributed by atoms with Crippen molar-refractivity contribution in [3.8, 4) is 17.2 Å². The van der Waals surface area contributed by atoms with E-state index < -0.39 is 0 Å². The lowest BCUT2D eigenvalue weighted by Crippen LogP contribution is -2.39. The highest BCUT2D eigenvalue weighted by molar-refractivity contribution is 9.10. The second-order valence-corrected chi connectivity index (χ2v) is 7.52. The largest absolute Gasteiger partial charge is 0.497 e. The van der Waals surface area contributed by atoms with Crippen molar-refractivity contribution in [2.75, 3.05) is 19.1 Å². The Hall–Kier alpha value is -2.73. The molecule has 0 N–H and O–H groups in total. The van der Waals surface area contributed by atoms with Gasteiger partial charge in [-0.15, -0.1) is 0 Å². The second kappa shape index (κ2) is 7.36. The maximum Gasteiger partial charge on any atom is 0.262 e. The number of nitrogens with zero attached hydrogens (tertiary/aromatic N) is 2. The molecule has 1 aliphatic rings. The molecule has 5 nitrogen and oxygen atoms in total. The smallest absolute Gasteiger partial charge is 0.262 e. The van der Waals surface area contributed by atoms with Crippen molar-refractivity contribution in [1.82, 2.24) is 4.57 Å². The van der Waals surface area contributed by atoms with Crippen LogP contribution in [0.5, 0.6) is 11.5 Å². The quantitative estimate of drug-likeness (QED) is 0.547. The molecule has 28 heavy (non-hydrogen) atoms. The molecular weight excluding hydrogens is 420 g/mol. The van der Waals surface area contributed by atoms with Gasteiger partial charge in [-0.1, -0.05) is 22.9 Å². The van der Waals surface area contributed by atoms with Crippen molar-refractivity contribution in [1.29, 1.82) is 0 Å². The van der Waals surface area contributed by atoms with Crippen LogP contribution in [0.15, 0.2) is 59.2 Å². The Morgan fingerprint density at radius 1 is 1.07 bits per heavy atom. The van der Waals surface area contributed by atoms with Crippen molar-refractivity contribution < 1.29 is 14.3 Å². The van der Waals surface area contributed by atoms with Crippen LogP contribution < -0.4 is 14.4 Å². The van der Waals surface area contributed by atoms with Crippen LogP contribution >= 0.6 is 15.9 Å². The summed E-state index contributed by atoms with van der Waals surface area (Å²) in [5, 5.41) is 0. The van der Waals surface area contributed by atoms with Gasteiger partial charge in [-0.25, -0.2) is 0 Å². The van der Waals surface area contributed by atoms with Gasteiger partial charge in [-0.3, -0.25) is 9.69 Å². The lowest BCUT2D eigenvalue weighted by atomic mass is 10.0. The van der Waals surface area contributed by atoms with Crippen molar-refractivity contribution in [3.63, 3.8) is 0 Å². The van der Waals surface area contributed by atoms with Crippen molar-refractivity contribution in [3.05, 3.63) is 70.5 Å². The predicted molar refractivity (Wildman–Crippen MR) is 113 cm³/mol. The lowest BCUT2D eigenvalue weighted by molar-refractivity contribution is 0.0970. The third kappa shape index (κ3) is 2.88. The summed E-state index contributed by atoms with van der Waals surface area (Å²) < 4.78 is 13.9. The SMILES string of the molecule is CCC1c2cccn2-c2ccc(Br)cc2N1C(=O)c1ccc(OC)cc1OC. The van der Waals surface area contributed by atoms with Crippen LogP contribution in [0.4, 0.5) is 5.69 Å². The third-order valence-corrected chi connectivity index (χ3v) is 5.63. The molecule has 1 aromatic heterocycles. The molecule has 6 heteroatoms. The molecule has 0 bridgehead atoms. The maximum atomic E-state index is 13.7. The van der Waals surface area contributed by atoms with Gasteiger partial charge in [0.25, 0.3) is 5.91 Å². The van der Waals surface area contributed by atoms with Gasteiger partial charge < -0.3 is 14.0 Å². The molecule has 1 amide bonds. The Kier molecular flexibility index (Phi) is 4.89. The van der Waals surface area contributed by atoms with E-state index in [1.165, 1.54) is 0 Å². The summed E-state index contributed by atoms with van der Waals surface area (Å²) in [6.07, 6.45) is 2.83. The van der Waals surface area contributed by atoms with E-state index in [2.05, 4.69) is 33.5 Å². The van der Waals surface area contributed by atoms with E-state index in [0.717, 1.165) is 28.0 Å². The molecule has 0 spiro atoms. The Labute approximate surface area is 172 Å². The maximum absolute atomic E-state index is 13.7. The van der Waals surface area contributed by atoms with Gasteiger partial charge in [-0.05, 0) is 48.9 Å². The molecule has 1 atom stereocenters. The average molecular weight is 441 g/mol. The second-order valence-electron chi connectivity index (χ2n) is 6.60. The van der Waals surface area contributed by atoms with E-state index >= 15 is 0 Å². The first-order valence-corrected chi connectivity index (χ1v) is 9.91. The zero-order valence-corrected chi connectivity index (χ0v) is 17.6. The topological polar surface area (TPSA) is 43.7 Å². The van der Waals surface area contributed by atoms with Crippen LogP contribution in [0.25, 0.3) is 5.69 Å². The zero-order valence-electron chi connectivity index (χ0n) is 16.0. The Morgan fingerprint density at radius 2 is 1.89 bits per heavy atom. The summed E-state index contributed by atoms with van der Waals surface area (Å²) in [5.41, 5.74) is 3.45. The standard InChI is InChI=1S/C22H21BrN2O3/c1-4-17-18-6-5-11-24(18)19-10-7-14(23)12-20(19)25(17)22(26)16-9-8-15(27-2)13-21(16)28-3/h5-13,17H,4H2,1-3H3. The van der Waals surface area contributed by atoms with Crippen LogP contribution in [0.2, 0.25) is 0 Å². The minimum Gasteiger partial charge on any atom is -0.497 e. The van der Waals surface area contributed by atoms with Gasteiger partial charge in [0, 0.05) is 22.4 Å². The molecule has 0 fully saturated rings. The number of benzene rings is 2. The number of carbonyl (C=O) groups excluding carboxylic acids is 1. The number of rotatable bonds is 4. The summed E-state index contributed by atoms with van der Waals surface area (Å²) in [4.78, 5) is 15.6. The number of hydrogen-bond acceptors (Lipinski definition) is 3. The summed E-state index contributed by atoms with van der Waals surface area (Å²) in [6, 6.07) is 15.3. The number of amides is 1. The highest BCUT2D eigenvalue weighted by atomic mass is 79.9. The van der Waals surface area contributed by atoms with Crippen LogP contribution in [-0.2, 0) is 0 Å². The van der Waals surface area contributed by atoms with E-state index in [-0.39, 0.29) is 11.9 Å². The number of anilines is 1. The van der Waals surface area contributed by atoms with Crippen molar-refractivity contribution in [2.24, 2.45) is 0 Å². The number of ether oxygens (including phenoxy) is 2. The first kappa shape index (κ1) is 18.6. The van der Waals surface area contributed by atoms with Crippen LogP contribution in [0.1, 0.15) is 35.4 Å². The van der Waals surface area contributed by atoms with Gasteiger partial charge >= 0.3 is 0 Å². The Balaban J connectivity index is 1.89. The average Bonchev–Trinajstić information content (AvgIpc) is 3.21.